The van der Waals surface area contributed by atoms with Gasteiger partial charge in [0.2, 0.25) is 0 Å². The maximum Gasteiger partial charge on any atom is 0.162 e. The quantitative estimate of drug-likeness (QED) is 0.670. The first-order chi connectivity index (χ1) is 6.90. The third-order valence-electron chi connectivity index (χ3n) is 2.57. The van der Waals surface area contributed by atoms with Crippen LogP contribution in [-0.2, 0) is 9.47 Å². The molecule has 1 saturated heterocycles. The molecule has 0 amide bonds. The van der Waals surface area contributed by atoms with Gasteiger partial charge in [-0.3, -0.25) is 0 Å². The van der Waals surface area contributed by atoms with Crippen molar-refractivity contribution in [3.8, 4) is 11.8 Å². The Labute approximate surface area is 91.8 Å². The molecule has 86 valence electrons. The first-order valence-corrected chi connectivity index (χ1v) is 5.34. The molecule has 3 heteroatoms. The Bertz CT molecular complexity index is 262. The summed E-state index contributed by atoms with van der Waals surface area (Å²) >= 11 is 0. The van der Waals surface area contributed by atoms with Gasteiger partial charge in [0.1, 0.15) is 6.10 Å². The summed E-state index contributed by atoms with van der Waals surface area (Å²) in [5.41, 5.74) is -0.419. The Morgan fingerprint density at radius 2 is 1.80 bits per heavy atom. The molecule has 1 heterocycles. The highest BCUT2D eigenvalue weighted by atomic mass is 16.7. The molecule has 0 aromatic heterocycles. The second-order valence-corrected chi connectivity index (χ2v) is 4.71. The number of aliphatic hydroxyl groups is 1. The first kappa shape index (κ1) is 12.5. The minimum atomic E-state index is -0.687. The second-order valence-electron chi connectivity index (χ2n) is 4.71. The van der Waals surface area contributed by atoms with Gasteiger partial charge in [0, 0.05) is 6.42 Å². The molecule has 0 unspecified atom stereocenters. The van der Waals surface area contributed by atoms with E-state index in [4.69, 9.17) is 9.47 Å². The van der Waals surface area contributed by atoms with E-state index in [1.54, 1.807) is 0 Å². The van der Waals surface area contributed by atoms with E-state index in [0.29, 0.717) is 13.2 Å². The highest BCUT2D eigenvalue weighted by Gasteiger charge is 2.41. The van der Waals surface area contributed by atoms with Crippen molar-refractivity contribution in [2.24, 2.45) is 5.41 Å². The van der Waals surface area contributed by atoms with Crippen molar-refractivity contribution in [3.63, 3.8) is 0 Å². The van der Waals surface area contributed by atoms with Crippen LogP contribution in [0.3, 0.4) is 0 Å². The van der Waals surface area contributed by atoms with Crippen LogP contribution in [-0.4, -0.2) is 30.2 Å². The van der Waals surface area contributed by atoms with Crippen molar-refractivity contribution in [2.75, 3.05) is 13.2 Å². The molecule has 1 fully saturated rings. The zero-order chi connectivity index (χ0) is 11.5. The van der Waals surface area contributed by atoms with E-state index in [0.717, 1.165) is 6.42 Å². The fourth-order valence-electron chi connectivity index (χ4n) is 1.29. The summed E-state index contributed by atoms with van der Waals surface area (Å²) in [5, 5.41) is 9.90. The first-order valence-electron chi connectivity index (χ1n) is 5.34. The fraction of sp³-hybridized carbons (Fsp3) is 0.833. The van der Waals surface area contributed by atoms with Gasteiger partial charge in [-0.1, -0.05) is 19.8 Å². The van der Waals surface area contributed by atoms with Gasteiger partial charge in [0.25, 0.3) is 0 Å². The summed E-state index contributed by atoms with van der Waals surface area (Å²) in [7, 11) is 0. The van der Waals surface area contributed by atoms with Gasteiger partial charge in [0.15, 0.2) is 5.79 Å². The number of ether oxygens (including phenoxy) is 2. The Kier molecular flexibility index (Phi) is 3.77. The van der Waals surface area contributed by atoms with Crippen LogP contribution in [0.2, 0.25) is 0 Å². The Morgan fingerprint density at radius 3 is 2.27 bits per heavy atom. The average molecular weight is 212 g/mol. The number of hydrogen-bond donors (Lipinski definition) is 1. The van der Waals surface area contributed by atoms with E-state index >= 15 is 0 Å². The predicted octanol–water partition coefficient (Wildman–Crippen LogP) is 1.55. The zero-order valence-electron chi connectivity index (χ0n) is 9.96. The van der Waals surface area contributed by atoms with Crippen molar-refractivity contribution in [1.29, 1.82) is 0 Å². The summed E-state index contributed by atoms with van der Waals surface area (Å²) in [6.07, 6.45) is 0.0638. The summed E-state index contributed by atoms with van der Waals surface area (Å²) < 4.78 is 11.1. The largest absolute Gasteiger partial charge is 0.380 e. The normalized spacial score (nSPS) is 25.1. The van der Waals surface area contributed by atoms with Crippen molar-refractivity contribution in [1.82, 2.24) is 0 Å². The van der Waals surface area contributed by atoms with Crippen LogP contribution in [0.15, 0.2) is 0 Å². The molecule has 1 aliphatic heterocycles. The smallest absolute Gasteiger partial charge is 0.162 e. The molecule has 1 rings (SSSR count). The summed E-state index contributed by atoms with van der Waals surface area (Å²) in [5.74, 6) is 5.15. The fourth-order valence-corrected chi connectivity index (χ4v) is 1.29. The highest BCUT2D eigenvalue weighted by molar-refractivity contribution is 5.09. The monoisotopic (exact) mass is 212 g/mol. The van der Waals surface area contributed by atoms with Crippen LogP contribution in [0.5, 0.6) is 0 Å². The van der Waals surface area contributed by atoms with Crippen molar-refractivity contribution >= 4 is 0 Å². The molecule has 3 nitrogen and oxygen atoms in total. The van der Waals surface area contributed by atoms with Gasteiger partial charge in [-0.05, 0) is 13.8 Å². The van der Waals surface area contributed by atoms with Crippen molar-refractivity contribution in [3.05, 3.63) is 0 Å². The van der Waals surface area contributed by atoms with Crippen LogP contribution in [0.4, 0.5) is 0 Å². The number of hydrogen-bond acceptors (Lipinski definition) is 3. The van der Waals surface area contributed by atoms with E-state index in [1.165, 1.54) is 0 Å². The average Bonchev–Trinajstić information content (AvgIpc) is 2.19. The van der Waals surface area contributed by atoms with E-state index in [1.807, 2.05) is 27.7 Å². The summed E-state index contributed by atoms with van der Waals surface area (Å²) in [4.78, 5) is 0. The van der Waals surface area contributed by atoms with E-state index < -0.39 is 17.3 Å². The zero-order valence-corrected chi connectivity index (χ0v) is 9.96. The van der Waals surface area contributed by atoms with E-state index in [9.17, 15) is 5.11 Å². The molecular formula is C12H20O3. The van der Waals surface area contributed by atoms with Crippen molar-refractivity contribution < 1.29 is 14.6 Å². The van der Waals surface area contributed by atoms with Crippen LogP contribution in [0.25, 0.3) is 0 Å². The third kappa shape index (κ3) is 3.20. The van der Waals surface area contributed by atoms with E-state index in [-0.39, 0.29) is 0 Å². The summed E-state index contributed by atoms with van der Waals surface area (Å²) in [6.45, 7) is 8.57. The van der Waals surface area contributed by atoms with E-state index in [2.05, 4.69) is 11.8 Å². The molecule has 0 radical (unpaired) electrons. The maximum atomic E-state index is 9.90. The second kappa shape index (κ2) is 4.52. The Hall–Kier alpha value is -0.560. The SMILES string of the molecule is CCC#C[C@H](O)C1(C)COC(C)(C)OC1. The summed E-state index contributed by atoms with van der Waals surface area (Å²) in [6, 6.07) is 0. The number of rotatable bonds is 1. The molecule has 1 aliphatic rings. The molecular weight excluding hydrogens is 192 g/mol. The molecule has 1 atom stereocenters. The van der Waals surface area contributed by atoms with Gasteiger partial charge in [-0.25, -0.2) is 0 Å². The Morgan fingerprint density at radius 1 is 1.27 bits per heavy atom. The molecule has 0 aromatic carbocycles. The molecule has 0 saturated carbocycles. The molecule has 15 heavy (non-hydrogen) atoms. The lowest BCUT2D eigenvalue weighted by Gasteiger charge is -2.42. The lowest BCUT2D eigenvalue weighted by atomic mass is 9.85. The molecule has 0 spiro atoms. The van der Waals surface area contributed by atoms with Crippen LogP contribution < -0.4 is 0 Å². The molecule has 0 aromatic rings. The minimum Gasteiger partial charge on any atom is -0.380 e. The molecule has 0 bridgehead atoms. The van der Waals surface area contributed by atoms with Gasteiger partial charge in [-0.2, -0.15) is 0 Å². The lowest BCUT2D eigenvalue weighted by molar-refractivity contribution is -0.291. The topological polar surface area (TPSA) is 38.7 Å². The number of aliphatic hydroxyl groups excluding tert-OH is 1. The minimum absolute atomic E-state index is 0.419. The Balaban J connectivity index is 2.62. The van der Waals surface area contributed by atoms with Gasteiger partial charge in [-0.15, -0.1) is 5.92 Å². The highest BCUT2D eigenvalue weighted by Crippen LogP contribution is 2.31. The predicted molar refractivity (Wildman–Crippen MR) is 58.2 cm³/mol. The maximum absolute atomic E-state index is 9.90. The van der Waals surface area contributed by atoms with Crippen molar-refractivity contribution in [2.45, 2.75) is 46.0 Å². The van der Waals surface area contributed by atoms with Crippen LogP contribution in [0.1, 0.15) is 34.1 Å². The lowest BCUT2D eigenvalue weighted by Crippen LogP contribution is -2.50. The van der Waals surface area contributed by atoms with Crippen LogP contribution in [0, 0.1) is 17.3 Å². The van der Waals surface area contributed by atoms with Crippen LogP contribution >= 0.6 is 0 Å². The molecule has 1 N–H and O–H groups in total. The molecule has 0 aliphatic carbocycles. The van der Waals surface area contributed by atoms with Gasteiger partial charge in [0.05, 0.1) is 18.6 Å². The van der Waals surface area contributed by atoms with Gasteiger partial charge >= 0.3 is 0 Å². The third-order valence-corrected chi connectivity index (χ3v) is 2.57. The standard InChI is InChI=1S/C12H20O3/c1-5-6-7-10(13)12(4)8-14-11(2,3)15-9-12/h10,13H,5,8-9H2,1-4H3/t10-/m0/s1. The van der Waals surface area contributed by atoms with Gasteiger partial charge < -0.3 is 14.6 Å².